The van der Waals surface area contributed by atoms with Gasteiger partial charge in [-0.15, -0.1) is 0 Å². The molecule has 0 saturated carbocycles. The van der Waals surface area contributed by atoms with Gasteiger partial charge < -0.3 is 11.1 Å². The second-order valence-electron chi connectivity index (χ2n) is 9.34. The first-order chi connectivity index (χ1) is 17.4. The lowest BCUT2D eigenvalue weighted by Gasteiger charge is -2.35. The Bertz CT molecular complexity index is 1240. The smallest absolute Gasteiger partial charge is 0.240 e. The number of pyridine rings is 1. The third-order valence-electron chi connectivity index (χ3n) is 6.80. The zero-order valence-electron chi connectivity index (χ0n) is 20.3. The Balaban J connectivity index is 1.29. The molecule has 0 spiro atoms. The Morgan fingerprint density at radius 2 is 1.81 bits per heavy atom. The SMILES string of the molecule is NC(CCCCNS(=O)(=O)c1ccccc1)C(=O)NC1CCc2ccccc2C1Cc1cccnc1. The number of sulfonamides is 1. The molecule has 190 valence electrons. The number of benzene rings is 2. The summed E-state index contributed by atoms with van der Waals surface area (Å²) in [5.74, 6) is 0.00290. The molecule has 1 amide bonds. The van der Waals surface area contributed by atoms with Crippen molar-refractivity contribution >= 4 is 15.9 Å². The molecule has 1 aromatic heterocycles. The number of rotatable bonds is 11. The van der Waals surface area contributed by atoms with Gasteiger partial charge in [0, 0.05) is 30.9 Å². The highest BCUT2D eigenvalue weighted by molar-refractivity contribution is 7.89. The van der Waals surface area contributed by atoms with Crippen LogP contribution in [0.25, 0.3) is 0 Å². The zero-order valence-corrected chi connectivity index (χ0v) is 21.2. The Morgan fingerprint density at radius 3 is 2.58 bits per heavy atom. The summed E-state index contributed by atoms with van der Waals surface area (Å²) in [6, 6.07) is 20.1. The molecule has 7 nitrogen and oxygen atoms in total. The van der Waals surface area contributed by atoms with Crippen molar-refractivity contribution in [2.45, 2.75) is 61.4 Å². The van der Waals surface area contributed by atoms with E-state index in [0.717, 1.165) is 24.8 Å². The second-order valence-corrected chi connectivity index (χ2v) is 11.1. The van der Waals surface area contributed by atoms with E-state index in [1.165, 1.54) is 11.1 Å². The van der Waals surface area contributed by atoms with Crippen molar-refractivity contribution in [2.75, 3.05) is 6.54 Å². The van der Waals surface area contributed by atoms with E-state index in [1.54, 1.807) is 36.5 Å². The second kappa shape index (κ2) is 12.3. The van der Waals surface area contributed by atoms with Gasteiger partial charge in [-0.3, -0.25) is 9.78 Å². The fraction of sp³-hybridized carbons (Fsp3) is 0.357. The zero-order chi connectivity index (χ0) is 25.4. The van der Waals surface area contributed by atoms with Crippen molar-refractivity contribution in [3.8, 4) is 0 Å². The Morgan fingerprint density at radius 1 is 1.03 bits per heavy atom. The average molecular weight is 507 g/mol. The number of fused-ring (bicyclic) bond motifs is 1. The van der Waals surface area contributed by atoms with Gasteiger partial charge in [-0.2, -0.15) is 0 Å². The number of aromatic nitrogens is 1. The molecule has 0 radical (unpaired) electrons. The lowest BCUT2D eigenvalue weighted by molar-refractivity contribution is -0.123. The summed E-state index contributed by atoms with van der Waals surface area (Å²) in [5.41, 5.74) is 9.97. The third kappa shape index (κ3) is 6.78. The lowest BCUT2D eigenvalue weighted by atomic mass is 9.76. The molecule has 0 saturated heterocycles. The highest BCUT2D eigenvalue weighted by Crippen LogP contribution is 2.34. The number of carbonyl (C=O) groups excluding carboxylic acids is 1. The fourth-order valence-corrected chi connectivity index (χ4v) is 5.95. The average Bonchev–Trinajstić information content (AvgIpc) is 2.90. The summed E-state index contributed by atoms with van der Waals surface area (Å²) < 4.78 is 27.2. The first-order valence-electron chi connectivity index (χ1n) is 12.5. The highest BCUT2D eigenvalue weighted by Gasteiger charge is 2.31. The molecule has 1 aliphatic carbocycles. The van der Waals surface area contributed by atoms with Crippen molar-refractivity contribution < 1.29 is 13.2 Å². The number of hydrogen-bond donors (Lipinski definition) is 3. The van der Waals surface area contributed by atoms with Crippen molar-refractivity contribution in [1.82, 2.24) is 15.0 Å². The summed E-state index contributed by atoms with van der Waals surface area (Å²) in [4.78, 5) is 17.5. The Labute approximate surface area is 213 Å². The van der Waals surface area contributed by atoms with E-state index in [1.807, 2.05) is 12.3 Å². The summed E-state index contributed by atoms with van der Waals surface area (Å²) in [7, 11) is -3.52. The van der Waals surface area contributed by atoms with E-state index in [9.17, 15) is 13.2 Å². The Hall–Kier alpha value is -3.07. The maximum Gasteiger partial charge on any atom is 0.240 e. The minimum atomic E-state index is -3.52. The molecule has 4 rings (SSSR count). The summed E-state index contributed by atoms with van der Waals surface area (Å²) in [5, 5.41) is 3.22. The van der Waals surface area contributed by atoms with Gasteiger partial charge in [0.05, 0.1) is 10.9 Å². The minimum Gasteiger partial charge on any atom is -0.351 e. The van der Waals surface area contributed by atoms with Crippen LogP contribution >= 0.6 is 0 Å². The number of nitrogens with one attached hydrogen (secondary N) is 2. The molecular weight excluding hydrogens is 472 g/mol. The van der Waals surface area contributed by atoms with Crippen molar-refractivity contribution in [3.05, 3.63) is 95.8 Å². The standard InChI is InChI=1S/C28H34N4O3S/c29-26(14-6-7-18-31-36(34,35)23-11-2-1-3-12-23)28(33)32-27-16-15-22-10-4-5-13-24(22)25(27)19-21-9-8-17-30-20-21/h1-5,8-13,17,20,25-27,31H,6-7,14-16,18-19,29H2,(H,32,33). The first kappa shape index (κ1) is 26.0. The van der Waals surface area contributed by atoms with Gasteiger partial charge in [0.2, 0.25) is 15.9 Å². The quantitative estimate of drug-likeness (QED) is 0.345. The number of nitrogens with zero attached hydrogens (tertiary/aromatic N) is 1. The molecule has 36 heavy (non-hydrogen) atoms. The molecule has 3 atom stereocenters. The van der Waals surface area contributed by atoms with Gasteiger partial charge in [0.25, 0.3) is 0 Å². The molecule has 1 aliphatic rings. The monoisotopic (exact) mass is 506 g/mol. The minimum absolute atomic E-state index is 0.00339. The molecule has 4 N–H and O–H groups in total. The molecule has 2 aromatic carbocycles. The molecule has 0 bridgehead atoms. The van der Waals surface area contributed by atoms with Crippen molar-refractivity contribution in [3.63, 3.8) is 0 Å². The van der Waals surface area contributed by atoms with E-state index in [2.05, 4.69) is 45.4 Å². The van der Waals surface area contributed by atoms with E-state index in [-0.39, 0.29) is 22.8 Å². The summed E-state index contributed by atoms with van der Waals surface area (Å²) in [6.07, 6.45) is 7.98. The number of aryl methyl sites for hydroxylation is 1. The van der Waals surface area contributed by atoms with Gasteiger partial charge in [-0.1, -0.05) is 55.0 Å². The van der Waals surface area contributed by atoms with Gasteiger partial charge in [-0.05, 0) is 67.0 Å². The fourth-order valence-electron chi connectivity index (χ4n) is 4.85. The summed E-state index contributed by atoms with van der Waals surface area (Å²) in [6.45, 7) is 0.304. The highest BCUT2D eigenvalue weighted by atomic mass is 32.2. The van der Waals surface area contributed by atoms with Gasteiger partial charge in [-0.25, -0.2) is 13.1 Å². The maximum absolute atomic E-state index is 13.0. The van der Waals surface area contributed by atoms with Crippen molar-refractivity contribution in [2.24, 2.45) is 5.73 Å². The molecule has 1 heterocycles. The van der Waals surface area contributed by atoms with Crippen LogP contribution in [0.2, 0.25) is 0 Å². The predicted molar refractivity (Wildman–Crippen MR) is 141 cm³/mol. The molecule has 3 aromatic rings. The van der Waals surface area contributed by atoms with E-state index >= 15 is 0 Å². The normalized spacial score (nSPS) is 18.2. The molecular formula is C28H34N4O3S. The largest absolute Gasteiger partial charge is 0.351 e. The van der Waals surface area contributed by atoms with Crippen LogP contribution in [0.1, 0.15) is 48.3 Å². The number of nitrogens with two attached hydrogens (primary N) is 1. The summed E-state index contributed by atoms with van der Waals surface area (Å²) >= 11 is 0. The van der Waals surface area contributed by atoms with Gasteiger partial charge in [0.1, 0.15) is 0 Å². The third-order valence-corrected chi connectivity index (χ3v) is 8.27. The van der Waals surface area contributed by atoms with Crippen LogP contribution < -0.4 is 15.8 Å². The lowest BCUT2D eigenvalue weighted by Crippen LogP contribution is -2.49. The topological polar surface area (TPSA) is 114 Å². The van der Waals surface area contributed by atoms with Crippen LogP contribution in [0.3, 0.4) is 0 Å². The van der Waals surface area contributed by atoms with Gasteiger partial charge in [0.15, 0.2) is 0 Å². The van der Waals surface area contributed by atoms with Gasteiger partial charge >= 0.3 is 0 Å². The molecule has 0 fully saturated rings. The number of hydrogen-bond acceptors (Lipinski definition) is 5. The predicted octanol–water partition coefficient (Wildman–Crippen LogP) is 3.32. The first-order valence-corrected chi connectivity index (χ1v) is 14.0. The number of carbonyl (C=O) groups is 1. The number of amides is 1. The van der Waals surface area contributed by atoms with Crippen LogP contribution in [0, 0.1) is 0 Å². The Kier molecular flexibility index (Phi) is 8.85. The van der Waals surface area contributed by atoms with Crippen LogP contribution in [0.4, 0.5) is 0 Å². The van der Waals surface area contributed by atoms with Crippen molar-refractivity contribution in [1.29, 1.82) is 0 Å². The van der Waals surface area contributed by atoms with E-state index in [0.29, 0.717) is 25.8 Å². The molecule has 0 aliphatic heterocycles. The number of unbranched alkanes of at least 4 members (excludes halogenated alkanes) is 1. The van der Waals surface area contributed by atoms with Crippen LogP contribution in [0.5, 0.6) is 0 Å². The maximum atomic E-state index is 13.0. The van der Waals surface area contributed by atoms with E-state index < -0.39 is 16.1 Å². The van der Waals surface area contributed by atoms with Crippen LogP contribution in [0.15, 0.2) is 84.0 Å². The van der Waals surface area contributed by atoms with Crippen LogP contribution in [-0.4, -0.2) is 37.9 Å². The van der Waals surface area contributed by atoms with E-state index in [4.69, 9.17) is 5.73 Å². The van der Waals surface area contributed by atoms with Crippen LogP contribution in [-0.2, 0) is 27.7 Å². The molecule has 8 heteroatoms. The molecule has 3 unspecified atom stereocenters.